The van der Waals surface area contributed by atoms with E-state index in [1.54, 1.807) is 18.2 Å². The molecule has 0 bridgehead atoms. The summed E-state index contributed by atoms with van der Waals surface area (Å²) in [7, 11) is 1.51. The fourth-order valence-corrected chi connectivity index (χ4v) is 2.61. The zero-order valence-corrected chi connectivity index (χ0v) is 14.1. The molecule has 1 aliphatic rings. The van der Waals surface area contributed by atoms with Crippen molar-refractivity contribution in [1.82, 2.24) is 5.32 Å². The first-order chi connectivity index (χ1) is 11.7. The van der Waals surface area contributed by atoms with Crippen LogP contribution in [0.1, 0.15) is 22.3 Å². The monoisotopic (exact) mass is 347 g/mol. The van der Waals surface area contributed by atoms with Crippen molar-refractivity contribution < 1.29 is 19.0 Å². The van der Waals surface area contributed by atoms with Crippen LogP contribution in [0.4, 0.5) is 0 Å². The molecule has 1 aliphatic heterocycles. The van der Waals surface area contributed by atoms with Crippen LogP contribution in [0.15, 0.2) is 36.4 Å². The fourth-order valence-electron chi connectivity index (χ4n) is 2.45. The summed E-state index contributed by atoms with van der Waals surface area (Å²) in [6.45, 7) is 1.66. The maximum absolute atomic E-state index is 12.4. The predicted octanol–water partition coefficient (Wildman–Crippen LogP) is 3.44. The molecule has 0 saturated heterocycles. The first kappa shape index (κ1) is 16.5. The van der Waals surface area contributed by atoms with Crippen LogP contribution in [-0.2, 0) is 6.54 Å². The maximum atomic E-state index is 12.4. The van der Waals surface area contributed by atoms with Gasteiger partial charge in [0.15, 0.2) is 11.5 Å². The Hall–Kier alpha value is -2.40. The number of methoxy groups -OCH3 is 1. The van der Waals surface area contributed by atoms with Crippen LogP contribution in [0.3, 0.4) is 0 Å². The van der Waals surface area contributed by atoms with Crippen LogP contribution in [-0.4, -0.2) is 26.2 Å². The lowest BCUT2D eigenvalue weighted by Crippen LogP contribution is -2.23. The third-order valence-electron chi connectivity index (χ3n) is 3.67. The normalized spacial score (nSPS) is 13.1. The van der Waals surface area contributed by atoms with Crippen molar-refractivity contribution in [2.45, 2.75) is 13.0 Å². The molecule has 0 spiro atoms. The van der Waals surface area contributed by atoms with Gasteiger partial charge in [0.1, 0.15) is 5.75 Å². The van der Waals surface area contributed by atoms with E-state index in [2.05, 4.69) is 5.32 Å². The number of amides is 1. The molecule has 0 atom stereocenters. The van der Waals surface area contributed by atoms with Crippen LogP contribution in [0.2, 0.25) is 5.02 Å². The molecule has 126 valence electrons. The van der Waals surface area contributed by atoms with E-state index in [0.29, 0.717) is 41.8 Å². The second-order valence-corrected chi connectivity index (χ2v) is 5.80. The molecule has 1 N–H and O–H groups in total. The summed E-state index contributed by atoms with van der Waals surface area (Å²) >= 11 is 5.92. The summed E-state index contributed by atoms with van der Waals surface area (Å²) < 4.78 is 16.5. The molecule has 24 heavy (non-hydrogen) atoms. The molecule has 1 amide bonds. The third kappa shape index (κ3) is 3.74. The number of carbonyl (C=O) groups is 1. The average Bonchev–Trinajstić information content (AvgIpc) is 2.84. The van der Waals surface area contributed by atoms with Gasteiger partial charge in [-0.2, -0.15) is 0 Å². The number of rotatable bonds is 4. The lowest BCUT2D eigenvalue weighted by Gasteiger charge is -2.12. The van der Waals surface area contributed by atoms with Gasteiger partial charge >= 0.3 is 0 Å². The Balaban J connectivity index is 1.69. The van der Waals surface area contributed by atoms with Crippen LogP contribution in [0.5, 0.6) is 17.2 Å². The number of ether oxygens (including phenoxy) is 3. The van der Waals surface area contributed by atoms with E-state index in [4.69, 9.17) is 25.8 Å². The van der Waals surface area contributed by atoms with Gasteiger partial charge in [0.2, 0.25) is 0 Å². The molecule has 2 aromatic rings. The SMILES string of the molecule is COc1cc(Cl)ccc1C(=O)NCc1ccc2c(c1)OCCCO2. The van der Waals surface area contributed by atoms with Gasteiger partial charge in [0.05, 0.1) is 25.9 Å². The number of halogens is 1. The maximum Gasteiger partial charge on any atom is 0.255 e. The van der Waals surface area contributed by atoms with E-state index in [9.17, 15) is 4.79 Å². The van der Waals surface area contributed by atoms with E-state index >= 15 is 0 Å². The topological polar surface area (TPSA) is 56.8 Å². The summed E-state index contributed by atoms with van der Waals surface area (Å²) in [5.41, 5.74) is 1.37. The van der Waals surface area contributed by atoms with Gasteiger partial charge in [0, 0.05) is 18.0 Å². The highest BCUT2D eigenvalue weighted by Crippen LogP contribution is 2.30. The summed E-state index contributed by atoms with van der Waals surface area (Å²) in [5, 5.41) is 3.39. The highest BCUT2D eigenvalue weighted by molar-refractivity contribution is 6.30. The Labute approximate surface area is 145 Å². The summed E-state index contributed by atoms with van der Waals surface area (Å²) in [4.78, 5) is 12.4. The summed E-state index contributed by atoms with van der Waals surface area (Å²) in [6, 6.07) is 10.6. The average molecular weight is 348 g/mol. The van der Waals surface area contributed by atoms with Gasteiger partial charge in [-0.15, -0.1) is 0 Å². The van der Waals surface area contributed by atoms with Crippen molar-refractivity contribution in [2.24, 2.45) is 0 Å². The summed E-state index contributed by atoms with van der Waals surface area (Å²) in [5.74, 6) is 1.67. The van der Waals surface area contributed by atoms with Crippen LogP contribution in [0.25, 0.3) is 0 Å². The van der Waals surface area contributed by atoms with Gasteiger partial charge in [-0.25, -0.2) is 0 Å². The Morgan fingerprint density at radius 1 is 1.17 bits per heavy atom. The summed E-state index contributed by atoms with van der Waals surface area (Å²) in [6.07, 6.45) is 0.858. The zero-order chi connectivity index (χ0) is 16.9. The van der Waals surface area contributed by atoms with Crippen molar-refractivity contribution in [1.29, 1.82) is 0 Å². The van der Waals surface area contributed by atoms with E-state index in [-0.39, 0.29) is 5.91 Å². The van der Waals surface area contributed by atoms with Crippen molar-refractivity contribution in [3.8, 4) is 17.2 Å². The van der Waals surface area contributed by atoms with Crippen molar-refractivity contribution >= 4 is 17.5 Å². The molecule has 1 heterocycles. The standard InChI is InChI=1S/C18H18ClNO4/c1-22-16-10-13(19)4-5-14(16)18(21)20-11-12-3-6-15-17(9-12)24-8-2-7-23-15/h3-6,9-10H,2,7-8,11H2,1H3,(H,20,21). The highest BCUT2D eigenvalue weighted by Gasteiger charge is 2.14. The Morgan fingerprint density at radius 3 is 2.75 bits per heavy atom. The molecule has 5 nitrogen and oxygen atoms in total. The zero-order valence-electron chi connectivity index (χ0n) is 13.3. The first-order valence-corrected chi connectivity index (χ1v) is 8.05. The predicted molar refractivity (Wildman–Crippen MR) is 91.2 cm³/mol. The van der Waals surface area contributed by atoms with Gasteiger partial charge in [0.25, 0.3) is 5.91 Å². The first-order valence-electron chi connectivity index (χ1n) is 7.67. The molecule has 2 aromatic carbocycles. The largest absolute Gasteiger partial charge is 0.496 e. The van der Waals surface area contributed by atoms with Gasteiger partial charge < -0.3 is 19.5 Å². The minimum atomic E-state index is -0.226. The van der Waals surface area contributed by atoms with E-state index in [1.807, 2.05) is 18.2 Å². The van der Waals surface area contributed by atoms with E-state index in [1.165, 1.54) is 7.11 Å². The van der Waals surface area contributed by atoms with Crippen molar-refractivity contribution in [3.63, 3.8) is 0 Å². The lowest BCUT2D eigenvalue weighted by molar-refractivity contribution is 0.0948. The fraction of sp³-hybridized carbons (Fsp3) is 0.278. The van der Waals surface area contributed by atoms with E-state index < -0.39 is 0 Å². The van der Waals surface area contributed by atoms with Crippen molar-refractivity contribution in [3.05, 3.63) is 52.5 Å². The molecule has 0 fully saturated rings. The Bertz CT molecular complexity index is 748. The molecule has 0 radical (unpaired) electrons. The number of hydrogen-bond donors (Lipinski definition) is 1. The minimum Gasteiger partial charge on any atom is -0.496 e. The van der Waals surface area contributed by atoms with Gasteiger partial charge in [-0.3, -0.25) is 4.79 Å². The molecule has 0 aliphatic carbocycles. The van der Waals surface area contributed by atoms with Gasteiger partial charge in [-0.05, 0) is 35.9 Å². The second kappa shape index (κ2) is 7.45. The Kier molecular flexibility index (Phi) is 5.11. The number of benzene rings is 2. The van der Waals surface area contributed by atoms with Crippen LogP contribution < -0.4 is 19.5 Å². The van der Waals surface area contributed by atoms with Crippen LogP contribution >= 0.6 is 11.6 Å². The molecule has 6 heteroatoms. The third-order valence-corrected chi connectivity index (χ3v) is 3.91. The number of nitrogens with one attached hydrogen (secondary N) is 1. The molecular weight excluding hydrogens is 330 g/mol. The molecule has 0 aromatic heterocycles. The highest BCUT2D eigenvalue weighted by atomic mass is 35.5. The Morgan fingerprint density at radius 2 is 1.96 bits per heavy atom. The molecule has 3 rings (SSSR count). The van der Waals surface area contributed by atoms with Crippen LogP contribution in [0, 0.1) is 0 Å². The number of hydrogen-bond acceptors (Lipinski definition) is 4. The molecule has 0 saturated carbocycles. The van der Waals surface area contributed by atoms with E-state index in [0.717, 1.165) is 17.7 Å². The molecule has 0 unspecified atom stereocenters. The minimum absolute atomic E-state index is 0.226. The quantitative estimate of drug-likeness (QED) is 0.920. The lowest BCUT2D eigenvalue weighted by atomic mass is 10.1. The smallest absolute Gasteiger partial charge is 0.255 e. The van der Waals surface area contributed by atoms with Crippen molar-refractivity contribution in [2.75, 3.05) is 20.3 Å². The second-order valence-electron chi connectivity index (χ2n) is 5.36. The number of carbonyl (C=O) groups excluding carboxylic acids is 1. The number of fused-ring (bicyclic) bond motifs is 1. The van der Waals surface area contributed by atoms with Gasteiger partial charge in [-0.1, -0.05) is 17.7 Å². The molecular formula is C18H18ClNO4.